The molecule has 0 aliphatic heterocycles. The molecule has 0 aliphatic carbocycles. The lowest BCUT2D eigenvalue weighted by Crippen LogP contribution is -2.43. The highest BCUT2D eigenvalue weighted by Gasteiger charge is 2.20. The number of aliphatic hydroxyl groups excluding tert-OH is 1. The topological polar surface area (TPSA) is 114 Å². The lowest BCUT2D eigenvalue weighted by Gasteiger charge is -2.20. The van der Waals surface area contributed by atoms with Crippen molar-refractivity contribution < 1.29 is 24.2 Å². The fourth-order valence-corrected chi connectivity index (χ4v) is 2.38. The molecule has 0 bridgehead atoms. The molecule has 0 atom stereocenters. The third kappa shape index (κ3) is 8.02. The van der Waals surface area contributed by atoms with Crippen molar-refractivity contribution in [2.45, 2.75) is 26.1 Å². The molecule has 2 aromatic rings. The van der Waals surface area contributed by atoms with Crippen LogP contribution in [0.5, 0.6) is 0 Å². The van der Waals surface area contributed by atoms with Crippen LogP contribution in [-0.4, -0.2) is 41.3 Å². The van der Waals surface area contributed by atoms with Crippen LogP contribution in [0.4, 0.5) is 9.59 Å². The highest BCUT2D eigenvalue weighted by molar-refractivity contribution is 5.97. The fourth-order valence-electron chi connectivity index (χ4n) is 2.38. The minimum atomic E-state index is -0.908. The van der Waals surface area contributed by atoms with E-state index in [4.69, 9.17) is 20.3 Å². The van der Waals surface area contributed by atoms with Gasteiger partial charge in [-0.15, -0.1) is 4.99 Å². The summed E-state index contributed by atoms with van der Waals surface area (Å²) >= 11 is 0. The van der Waals surface area contributed by atoms with Gasteiger partial charge in [-0.25, -0.2) is 14.5 Å². The summed E-state index contributed by atoms with van der Waals surface area (Å²) in [6.45, 7) is 0.222. The number of aliphatic imine (C=N–C) groups is 1. The highest BCUT2D eigenvalue weighted by Crippen LogP contribution is 2.06. The maximum absolute atomic E-state index is 12.4. The summed E-state index contributed by atoms with van der Waals surface area (Å²) < 4.78 is 10.3. The van der Waals surface area contributed by atoms with Crippen molar-refractivity contribution in [3.05, 3.63) is 71.8 Å². The van der Waals surface area contributed by atoms with E-state index in [1.165, 1.54) is 0 Å². The van der Waals surface area contributed by atoms with E-state index >= 15 is 0 Å². The van der Waals surface area contributed by atoms with Crippen molar-refractivity contribution in [2.75, 3.05) is 13.2 Å². The molecular weight excluding hydrogens is 374 g/mol. The fraction of sp³-hybridized carbons (Fsp3) is 0.286. The Morgan fingerprint density at radius 3 is 2.00 bits per heavy atom. The van der Waals surface area contributed by atoms with Gasteiger partial charge >= 0.3 is 12.2 Å². The van der Waals surface area contributed by atoms with Gasteiger partial charge in [-0.1, -0.05) is 60.7 Å². The van der Waals surface area contributed by atoms with E-state index in [0.29, 0.717) is 12.8 Å². The summed E-state index contributed by atoms with van der Waals surface area (Å²) in [6.07, 6.45) is -0.710. The first-order valence-corrected chi connectivity index (χ1v) is 9.24. The van der Waals surface area contributed by atoms with E-state index in [0.717, 1.165) is 16.0 Å². The number of carbonyl (C=O) groups is 2. The lowest BCUT2D eigenvalue weighted by atomic mass is 10.2. The van der Waals surface area contributed by atoms with Gasteiger partial charge in [0.2, 0.25) is 5.96 Å². The minimum absolute atomic E-state index is 0.0247. The van der Waals surface area contributed by atoms with Crippen LogP contribution in [0.25, 0.3) is 0 Å². The van der Waals surface area contributed by atoms with Gasteiger partial charge in [0.05, 0.1) is 0 Å². The van der Waals surface area contributed by atoms with Crippen molar-refractivity contribution in [3.8, 4) is 0 Å². The Morgan fingerprint density at radius 1 is 0.897 bits per heavy atom. The van der Waals surface area contributed by atoms with Gasteiger partial charge < -0.3 is 20.3 Å². The molecule has 0 aliphatic rings. The first-order valence-electron chi connectivity index (χ1n) is 9.24. The van der Waals surface area contributed by atoms with E-state index < -0.39 is 12.2 Å². The third-order valence-corrected chi connectivity index (χ3v) is 3.90. The Bertz CT molecular complexity index is 796. The molecule has 0 spiro atoms. The van der Waals surface area contributed by atoms with E-state index in [1.807, 2.05) is 60.7 Å². The number of hydrogen-bond acceptors (Lipinski definition) is 5. The number of amides is 2. The highest BCUT2D eigenvalue weighted by atomic mass is 16.6. The summed E-state index contributed by atoms with van der Waals surface area (Å²) in [4.78, 5) is 29.1. The number of hydrogen-bond donors (Lipinski definition) is 2. The zero-order valence-corrected chi connectivity index (χ0v) is 16.1. The molecule has 0 heterocycles. The average Bonchev–Trinajstić information content (AvgIpc) is 2.75. The van der Waals surface area contributed by atoms with E-state index in [2.05, 4.69) is 4.99 Å². The molecular formula is C21H25N3O5. The van der Waals surface area contributed by atoms with Gasteiger partial charge in [0.25, 0.3) is 0 Å². The SMILES string of the molecule is N/C(=N\C(=O)OCc1ccccc1)N(CCCCO)C(=O)OCc1ccccc1. The molecule has 8 nitrogen and oxygen atoms in total. The van der Waals surface area contributed by atoms with Crippen molar-refractivity contribution in [1.29, 1.82) is 0 Å². The molecule has 0 saturated carbocycles. The quantitative estimate of drug-likeness (QED) is 0.401. The summed E-state index contributed by atoms with van der Waals surface area (Å²) in [5.74, 6) is -0.320. The second-order valence-electron chi connectivity index (χ2n) is 6.13. The normalized spacial score (nSPS) is 11.0. The van der Waals surface area contributed by atoms with Gasteiger partial charge in [0, 0.05) is 13.2 Å². The van der Waals surface area contributed by atoms with Gasteiger partial charge in [0.1, 0.15) is 13.2 Å². The maximum Gasteiger partial charge on any atom is 0.437 e. The predicted octanol–water partition coefficient (Wildman–Crippen LogP) is 3.05. The van der Waals surface area contributed by atoms with Crippen LogP contribution in [0.1, 0.15) is 24.0 Å². The van der Waals surface area contributed by atoms with Crippen LogP contribution < -0.4 is 5.73 Å². The summed E-state index contributed by atoms with van der Waals surface area (Å²) in [5, 5.41) is 8.96. The lowest BCUT2D eigenvalue weighted by molar-refractivity contribution is 0.114. The zero-order valence-electron chi connectivity index (χ0n) is 16.1. The minimum Gasteiger partial charge on any atom is -0.444 e. The van der Waals surface area contributed by atoms with Crippen LogP contribution in [0.15, 0.2) is 65.7 Å². The van der Waals surface area contributed by atoms with Crippen molar-refractivity contribution in [2.24, 2.45) is 10.7 Å². The Balaban J connectivity index is 1.96. The average molecular weight is 399 g/mol. The van der Waals surface area contributed by atoms with E-state index in [9.17, 15) is 9.59 Å². The molecule has 2 amide bonds. The molecule has 2 aromatic carbocycles. The molecule has 29 heavy (non-hydrogen) atoms. The van der Waals surface area contributed by atoms with Gasteiger partial charge in [-0.05, 0) is 24.0 Å². The number of guanidine groups is 1. The molecule has 0 fully saturated rings. The first-order chi connectivity index (χ1) is 14.1. The predicted molar refractivity (Wildman–Crippen MR) is 108 cm³/mol. The number of ether oxygens (including phenoxy) is 2. The van der Waals surface area contributed by atoms with Crippen LogP contribution in [-0.2, 0) is 22.7 Å². The molecule has 0 aromatic heterocycles. The van der Waals surface area contributed by atoms with Gasteiger partial charge in [0.15, 0.2) is 0 Å². The number of nitrogens with zero attached hydrogens (tertiary/aromatic N) is 2. The van der Waals surface area contributed by atoms with Crippen LogP contribution in [0, 0.1) is 0 Å². The van der Waals surface area contributed by atoms with Gasteiger partial charge in [-0.2, -0.15) is 0 Å². The van der Waals surface area contributed by atoms with Crippen molar-refractivity contribution in [1.82, 2.24) is 4.90 Å². The second kappa shape index (κ2) is 12.1. The Morgan fingerprint density at radius 2 is 1.45 bits per heavy atom. The number of rotatable bonds is 8. The molecule has 0 unspecified atom stereocenters. The monoisotopic (exact) mass is 399 g/mol. The Kier molecular flexibility index (Phi) is 9.17. The van der Waals surface area contributed by atoms with E-state index in [-0.39, 0.29) is 32.3 Å². The van der Waals surface area contributed by atoms with Crippen LogP contribution in [0.3, 0.4) is 0 Å². The summed E-state index contributed by atoms with van der Waals surface area (Å²) in [5.41, 5.74) is 7.47. The van der Waals surface area contributed by atoms with Crippen molar-refractivity contribution in [3.63, 3.8) is 0 Å². The molecule has 154 valence electrons. The molecule has 3 N–H and O–H groups in total. The van der Waals surface area contributed by atoms with Crippen molar-refractivity contribution >= 4 is 18.1 Å². The maximum atomic E-state index is 12.4. The largest absolute Gasteiger partial charge is 0.444 e. The zero-order chi connectivity index (χ0) is 20.9. The van der Waals surface area contributed by atoms with Crippen LogP contribution in [0.2, 0.25) is 0 Å². The number of nitrogens with two attached hydrogens (primary N) is 1. The number of carbonyl (C=O) groups excluding carboxylic acids is 2. The summed E-state index contributed by atoms with van der Waals surface area (Å²) in [6, 6.07) is 18.3. The standard InChI is InChI=1S/C21H25N3O5/c22-19(23-20(26)28-15-17-9-3-1-4-10-17)24(13-7-8-14-25)21(27)29-16-18-11-5-2-6-12-18/h1-6,9-12,25H,7-8,13-16H2,(H2,22,23,26). The first kappa shape index (κ1) is 21.9. The van der Waals surface area contributed by atoms with Gasteiger partial charge in [-0.3, -0.25) is 0 Å². The molecule has 0 saturated heterocycles. The molecule has 8 heteroatoms. The smallest absolute Gasteiger partial charge is 0.437 e. The van der Waals surface area contributed by atoms with E-state index in [1.54, 1.807) is 0 Å². The second-order valence-corrected chi connectivity index (χ2v) is 6.13. The van der Waals surface area contributed by atoms with Crippen LogP contribution >= 0.6 is 0 Å². The Hall–Kier alpha value is -3.39. The molecule has 2 rings (SSSR count). The third-order valence-electron chi connectivity index (χ3n) is 3.90. The molecule has 0 radical (unpaired) electrons. The number of benzene rings is 2. The summed E-state index contributed by atoms with van der Waals surface area (Å²) in [7, 11) is 0. The number of unbranched alkanes of at least 4 members (excludes halogenated alkanes) is 1. The Labute approximate surface area is 169 Å². The number of aliphatic hydroxyl groups is 1.